The SMILES string of the molecule is CC(C)CC(C)CCc1ccc2cc3cc4cc5cc(CCC(C)CC(C)(C)C)ccc5cc4cc3cc2c1. The molecule has 0 bridgehead atoms. The molecule has 0 saturated heterocycles. The van der Waals surface area contributed by atoms with Gasteiger partial charge in [-0.2, -0.15) is 0 Å². The Balaban J connectivity index is 1.40. The zero-order valence-electron chi connectivity index (χ0n) is 25.4. The van der Waals surface area contributed by atoms with E-state index in [0.717, 1.165) is 24.2 Å². The molecule has 2 unspecified atom stereocenters. The fourth-order valence-corrected chi connectivity index (χ4v) is 6.81. The molecule has 2 atom stereocenters. The van der Waals surface area contributed by atoms with E-state index in [4.69, 9.17) is 0 Å². The molecule has 5 aromatic rings. The van der Waals surface area contributed by atoms with Gasteiger partial charge in [-0.25, -0.2) is 0 Å². The van der Waals surface area contributed by atoms with Crippen molar-refractivity contribution in [2.24, 2.45) is 23.2 Å². The summed E-state index contributed by atoms with van der Waals surface area (Å²) < 4.78 is 0. The Morgan fingerprint density at radius 1 is 0.487 bits per heavy atom. The van der Waals surface area contributed by atoms with Crippen LogP contribution in [0.2, 0.25) is 0 Å². The fraction of sp³-hybridized carbons (Fsp3) is 0.436. The van der Waals surface area contributed by atoms with E-state index in [1.165, 1.54) is 86.3 Å². The van der Waals surface area contributed by atoms with Crippen molar-refractivity contribution in [3.63, 3.8) is 0 Å². The van der Waals surface area contributed by atoms with Crippen molar-refractivity contribution >= 4 is 43.1 Å². The van der Waals surface area contributed by atoms with E-state index in [0.29, 0.717) is 5.41 Å². The van der Waals surface area contributed by atoms with E-state index in [9.17, 15) is 0 Å². The summed E-state index contributed by atoms with van der Waals surface area (Å²) in [6.45, 7) is 16.5. The molecule has 0 N–H and O–H groups in total. The van der Waals surface area contributed by atoms with Gasteiger partial charge in [0, 0.05) is 0 Å². The Morgan fingerprint density at radius 2 is 0.872 bits per heavy atom. The lowest BCUT2D eigenvalue weighted by atomic mass is 9.83. The molecule has 0 fully saturated rings. The van der Waals surface area contributed by atoms with Gasteiger partial charge in [0.15, 0.2) is 0 Å². The van der Waals surface area contributed by atoms with Crippen LogP contribution in [-0.2, 0) is 12.8 Å². The highest BCUT2D eigenvalue weighted by atomic mass is 14.2. The minimum atomic E-state index is 0.407. The zero-order valence-corrected chi connectivity index (χ0v) is 25.4. The van der Waals surface area contributed by atoms with Gasteiger partial charge in [-0.1, -0.05) is 84.9 Å². The van der Waals surface area contributed by atoms with Gasteiger partial charge in [0.25, 0.3) is 0 Å². The molecule has 39 heavy (non-hydrogen) atoms. The van der Waals surface area contributed by atoms with Crippen molar-refractivity contribution in [1.29, 1.82) is 0 Å². The first-order valence-electron chi connectivity index (χ1n) is 15.4. The number of hydrogen-bond acceptors (Lipinski definition) is 0. The van der Waals surface area contributed by atoms with Gasteiger partial charge in [-0.15, -0.1) is 0 Å². The summed E-state index contributed by atoms with van der Waals surface area (Å²) in [5.41, 5.74) is 3.33. The monoisotopic (exact) mass is 516 g/mol. The Morgan fingerprint density at radius 3 is 1.28 bits per heavy atom. The van der Waals surface area contributed by atoms with Gasteiger partial charge in [-0.3, -0.25) is 0 Å². The lowest BCUT2D eigenvalue weighted by molar-refractivity contribution is 0.297. The van der Waals surface area contributed by atoms with Gasteiger partial charge < -0.3 is 0 Å². The summed E-state index contributed by atoms with van der Waals surface area (Å²) in [5, 5.41) is 10.7. The predicted octanol–water partition coefficient (Wildman–Crippen LogP) is 11.9. The molecule has 0 aromatic heterocycles. The second kappa shape index (κ2) is 11.3. The third-order valence-corrected chi connectivity index (χ3v) is 8.52. The van der Waals surface area contributed by atoms with E-state index in [1.807, 2.05) is 0 Å². The maximum Gasteiger partial charge on any atom is -0.0171 e. The zero-order chi connectivity index (χ0) is 27.7. The molecule has 0 amide bonds. The molecule has 0 nitrogen and oxygen atoms in total. The maximum atomic E-state index is 2.42. The van der Waals surface area contributed by atoms with Crippen LogP contribution in [0.1, 0.15) is 85.3 Å². The van der Waals surface area contributed by atoms with Crippen LogP contribution in [0.25, 0.3) is 43.1 Å². The van der Waals surface area contributed by atoms with Gasteiger partial charge in [0.1, 0.15) is 0 Å². The highest BCUT2D eigenvalue weighted by Gasteiger charge is 2.15. The first-order chi connectivity index (χ1) is 18.5. The molecule has 0 saturated carbocycles. The van der Waals surface area contributed by atoms with Gasteiger partial charge in [-0.05, 0) is 152 Å². The summed E-state index contributed by atoms with van der Waals surface area (Å²) in [4.78, 5) is 0. The van der Waals surface area contributed by atoms with Gasteiger partial charge >= 0.3 is 0 Å². The van der Waals surface area contributed by atoms with Crippen molar-refractivity contribution in [2.45, 2.75) is 87.0 Å². The molecule has 0 spiro atoms. The minimum Gasteiger partial charge on any atom is -0.0628 e. The van der Waals surface area contributed by atoms with Crippen LogP contribution in [0.15, 0.2) is 72.8 Å². The summed E-state index contributed by atoms with van der Waals surface area (Å²) >= 11 is 0. The molecule has 0 aliphatic rings. The molecular formula is C39H48. The van der Waals surface area contributed by atoms with Crippen molar-refractivity contribution in [1.82, 2.24) is 0 Å². The van der Waals surface area contributed by atoms with Gasteiger partial charge in [0.2, 0.25) is 0 Å². The predicted molar refractivity (Wildman–Crippen MR) is 175 cm³/mol. The van der Waals surface area contributed by atoms with Crippen molar-refractivity contribution in [3.8, 4) is 0 Å². The van der Waals surface area contributed by atoms with Crippen LogP contribution in [0, 0.1) is 23.2 Å². The van der Waals surface area contributed by atoms with Crippen LogP contribution >= 0.6 is 0 Å². The number of benzene rings is 5. The second-order valence-corrected chi connectivity index (χ2v) is 14.3. The molecule has 5 aromatic carbocycles. The summed E-state index contributed by atoms with van der Waals surface area (Å²) in [6, 6.07) is 28.5. The number of rotatable bonds is 9. The lowest BCUT2D eigenvalue weighted by Gasteiger charge is -2.23. The summed E-state index contributed by atoms with van der Waals surface area (Å²) in [7, 11) is 0. The maximum absolute atomic E-state index is 2.42. The van der Waals surface area contributed by atoms with E-state index < -0.39 is 0 Å². The molecule has 5 rings (SSSR count). The molecule has 0 aliphatic carbocycles. The average Bonchev–Trinajstić information content (AvgIpc) is 2.85. The van der Waals surface area contributed by atoms with Crippen molar-refractivity contribution < 1.29 is 0 Å². The highest BCUT2D eigenvalue weighted by molar-refractivity contribution is 6.08. The Kier molecular flexibility index (Phi) is 8.04. The molecule has 0 radical (unpaired) electrons. The Hall–Kier alpha value is -2.86. The quantitative estimate of drug-likeness (QED) is 0.171. The first-order valence-corrected chi connectivity index (χ1v) is 15.4. The third-order valence-electron chi connectivity index (χ3n) is 8.52. The van der Waals surface area contributed by atoms with E-state index in [2.05, 4.69) is 121 Å². The Labute approximate surface area is 236 Å². The molecule has 0 aliphatic heterocycles. The molecule has 0 heterocycles. The molecule has 204 valence electrons. The van der Waals surface area contributed by atoms with Crippen LogP contribution in [0.4, 0.5) is 0 Å². The summed E-state index contributed by atoms with van der Waals surface area (Å²) in [5.74, 6) is 2.32. The second-order valence-electron chi connectivity index (χ2n) is 14.3. The first kappa shape index (κ1) is 27.7. The van der Waals surface area contributed by atoms with Crippen LogP contribution in [-0.4, -0.2) is 0 Å². The van der Waals surface area contributed by atoms with Crippen LogP contribution < -0.4 is 0 Å². The fourth-order valence-electron chi connectivity index (χ4n) is 6.81. The molecular weight excluding hydrogens is 468 g/mol. The normalized spacial score (nSPS) is 14.2. The number of aryl methyl sites for hydroxylation is 2. The van der Waals surface area contributed by atoms with E-state index in [-0.39, 0.29) is 0 Å². The number of hydrogen-bond donors (Lipinski definition) is 0. The number of fused-ring (bicyclic) bond motifs is 4. The third kappa shape index (κ3) is 7.02. The van der Waals surface area contributed by atoms with E-state index in [1.54, 1.807) is 0 Å². The Bertz CT molecular complexity index is 1590. The average molecular weight is 517 g/mol. The smallest absolute Gasteiger partial charge is 0.0171 e. The highest BCUT2D eigenvalue weighted by Crippen LogP contribution is 2.32. The lowest BCUT2D eigenvalue weighted by Crippen LogP contribution is -2.11. The largest absolute Gasteiger partial charge is 0.0628 e. The summed E-state index contributed by atoms with van der Waals surface area (Å²) in [6.07, 6.45) is 7.46. The standard InChI is InChI=1S/C39H48/c1-26(2)16-27(3)8-10-29-12-14-31-19-35-24-38-22-34-18-30(11-9-28(4)25-39(5,6)7)13-15-32(34)20-36(38)23-37(35)21-33(31)17-29/h12-15,17-24,26-28H,8-11,16,25H2,1-7H3. The van der Waals surface area contributed by atoms with Crippen LogP contribution in [0.3, 0.4) is 0 Å². The minimum absolute atomic E-state index is 0.407. The van der Waals surface area contributed by atoms with Crippen molar-refractivity contribution in [2.75, 3.05) is 0 Å². The van der Waals surface area contributed by atoms with Crippen LogP contribution in [0.5, 0.6) is 0 Å². The van der Waals surface area contributed by atoms with Crippen molar-refractivity contribution in [3.05, 3.63) is 83.9 Å². The van der Waals surface area contributed by atoms with Gasteiger partial charge in [0.05, 0.1) is 0 Å². The van der Waals surface area contributed by atoms with E-state index >= 15 is 0 Å². The topological polar surface area (TPSA) is 0 Å². The molecule has 0 heteroatoms.